The number of primary sulfonamides is 1. The van der Waals surface area contributed by atoms with E-state index in [1.807, 2.05) is 13.0 Å². The summed E-state index contributed by atoms with van der Waals surface area (Å²) < 4.78 is 36.1. The Kier molecular flexibility index (Phi) is 8.96. The van der Waals surface area contributed by atoms with Crippen LogP contribution in [0.1, 0.15) is 47.8 Å². The number of aryl methyl sites for hydroxylation is 1. The quantitative estimate of drug-likeness (QED) is 0.154. The number of thiocarbonyl (C=S) groups is 1. The number of carbonyl (C=O) groups excluding carboxylic acids is 2. The van der Waals surface area contributed by atoms with Gasteiger partial charge in [-0.3, -0.25) is 4.79 Å². The molecule has 12 heteroatoms. The van der Waals surface area contributed by atoms with Crippen LogP contribution in [0.4, 0.5) is 0 Å². The van der Waals surface area contributed by atoms with Gasteiger partial charge in [0.15, 0.2) is 0 Å². The van der Waals surface area contributed by atoms with Gasteiger partial charge in [-0.25, -0.2) is 23.0 Å². The molecule has 0 amide bonds. The molecule has 0 atom stereocenters. The molecular formula is C29H28N4O6S2. The SMILES string of the molecule is CCCCC(=O)Oc1cc(-c2cc(C)nn2-c2ccc(S(N)(=O)=O)cc2)ccc1C(=O)Oc1ccc(C(N)=S)cc1. The molecule has 4 N–H and O–H groups in total. The Hall–Kier alpha value is -4.39. The third kappa shape index (κ3) is 7.23. The molecule has 1 heterocycles. The van der Waals surface area contributed by atoms with E-state index in [4.69, 9.17) is 32.6 Å². The summed E-state index contributed by atoms with van der Waals surface area (Å²) in [5.41, 5.74) is 8.78. The van der Waals surface area contributed by atoms with Crippen LogP contribution in [0.5, 0.6) is 11.5 Å². The number of unbranched alkanes of at least 4 members (excludes halogenated alkanes) is 1. The summed E-state index contributed by atoms with van der Waals surface area (Å²) in [6, 6.07) is 18.9. The molecule has 41 heavy (non-hydrogen) atoms. The summed E-state index contributed by atoms with van der Waals surface area (Å²) in [7, 11) is -3.86. The van der Waals surface area contributed by atoms with Crippen molar-refractivity contribution >= 4 is 39.2 Å². The molecule has 0 aliphatic carbocycles. The molecule has 0 aliphatic rings. The number of hydrogen-bond acceptors (Lipinski definition) is 8. The number of sulfonamides is 1. The van der Waals surface area contributed by atoms with E-state index < -0.39 is 22.0 Å². The van der Waals surface area contributed by atoms with Crippen molar-refractivity contribution in [3.63, 3.8) is 0 Å². The van der Waals surface area contributed by atoms with Crippen LogP contribution in [0, 0.1) is 6.92 Å². The third-order valence-corrected chi connectivity index (χ3v) is 7.21. The molecule has 0 radical (unpaired) electrons. The molecular weight excluding hydrogens is 564 g/mol. The van der Waals surface area contributed by atoms with Crippen molar-refractivity contribution in [2.45, 2.75) is 38.0 Å². The lowest BCUT2D eigenvalue weighted by molar-refractivity contribution is -0.134. The first-order chi connectivity index (χ1) is 19.5. The lowest BCUT2D eigenvalue weighted by Crippen LogP contribution is -2.15. The minimum Gasteiger partial charge on any atom is -0.426 e. The Morgan fingerprint density at radius 1 is 0.976 bits per heavy atom. The van der Waals surface area contributed by atoms with Crippen molar-refractivity contribution in [2.24, 2.45) is 10.9 Å². The Labute approximate surface area is 242 Å². The molecule has 0 unspecified atom stereocenters. The Morgan fingerprint density at radius 3 is 2.27 bits per heavy atom. The molecule has 0 spiro atoms. The van der Waals surface area contributed by atoms with Gasteiger partial charge in [-0.05, 0) is 80.1 Å². The molecule has 0 saturated heterocycles. The molecule has 10 nitrogen and oxygen atoms in total. The average molecular weight is 593 g/mol. The number of aromatic nitrogens is 2. The van der Waals surface area contributed by atoms with Gasteiger partial charge in [0.1, 0.15) is 22.1 Å². The first-order valence-corrected chi connectivity index (χ1v) is 14.6. The van der Waals surface area contributed by atoms with Gasteiger partial charge in [-0.1, -0.05) is 31.6 Å². The van der Waals surface area contributed by atoms with Gasteiger partial charge in [-0.15, -0.1) is 0 Å². The normalized spacial score (nSPS) is 11.2. The maximum Gasteiger partial charge on any atom is 0.347 e. The number of ether oxygens (including phenoxy) is 2. The minimum atomic E-state index is -3.86. The van der Waals surface area contributed by atoms with E-state index in [-0.39, 0.29) is 33.4 Å². The number of carbonyl (C=O) groups is 2. The summed E-state index contributed by atoms with van der Waals surface area (Å²) in [4.78, 5) is 25.9. The molecule has 1 aromatic heterocycles. The average Bonchev–Trinajstić information content (AvgIpc) is 3.33. The summed E-state index contributed by atoms with van der Waals surface area (Å²) in [6.45, 7) is 3.76. The van der Waals surface area contributed by atoms with Crippen molar-refractivity contribution in [1.82, 2.24) is 9.78 Å². The molecule has 3 aromatic carbocycles. The number of rotatable bonds is 10. The number of hydrogen-bond donors (Lipinski definition) is 2. The van der Waals surface area contributed by atoms with Crippen molar-refractivity contribution < 1.29 is 27.5 Å². The van der Waals surface area contributed by atoms with Gasteiger partial charge < -0.3 is 15.2 Å². The maximum absolute atomic E-state index is 13.2. The number of benzene rings is 3. The van der Waals surface area contributed by atoms with Crippen LogP contribution in [0.25, 0.3) is 16.9 Å². The first-order valence-electron chi connectivity index (χ1n) is 12.6. The van der Waals surface area contributed by atoms with Crippen LogP contribution in [0.2, 0.25) is 0 Å². The monoisotopic (exact) mass is 592 g/mol. The van der Waals surface area contributed by atoms with Crippen molar-refractivity contribution in [1.29, 1.82) is 0 Å². The lowest BCUT2D eigenvalue weighted by Gasteiger charge is -2.13. The van der Waals surface area contributed by atoms with E-state index in [1.54, 1.807) is 60.1 Å². The fourth-order valence-corrected chi connectivity index (χ4v) is 4.61. The van der Waals surface area contributed by atoms with Crippen LogP contribution in [0.3, 0.4) is 0 Å². The van der Waals surface area contributed by atoms with Gasteiger partial charge in [-0.2, -0.15) is 5.10 Å². The molecule has 212 valence electrons. The van der Waals surface area contributed by atoms with E-state index in [2.05, 4.69) is 5.10 Å². The van der Waals surface area contributed by atoms with Crippen LogP contribution >= 0.6 is 12.2 Å². The van der Waals surface area contributed by atoms with Crippen molar-refractivity contribution in [3.05, 3.63) is 89.6 Å². The molecule has 0 bridgehead atoms. The second kappa shape index (κ2) is 12.4. The van der Waals surface area contributed by atoms with E-state index >= 15 is 0 Å². The number of esters is 2. The summed E-state index contributed by atoms with van der Waals surface area (Å²) in [6.07, 6.45) is 1.62. The standard InChI is InChI=1S/C29H28N4O6S2/c1-3-4-5-27(34)39-26-17-20(8-15-24(26)29(35)38-22-11-6-19(7-12-22)28(30)40)25-16-18(2)32-33(25)21-9-13-23(14-10-21)41(31,36)37/h6-17H,3-5H2,1-2H3,(H2,30,40)(H2,31,36,37). The topological polar surface area (TPSA) is 157 Å². The van der Waals surface area contributed by atoms with Crippen LogP contribution < -0.4 is 20.3 Å². The second-order valence-electron chi connectivity index (χ2n) is 9.19. The fraction of sp³-hybridized carbons (Fsp3) is 0.172. The zero-order chi connectivity index (χ0) is 29.7. The highest BCUT2D eigenvalue weighted by Gasteiger charge is 2.21. The van der Waals surface area contributed by atoms with Gasteiger partial charge in [0, 0.05) is 17.5 Å². The van der Waals surface area contributed by atoms with Crippen LogP contribution in [-0.2, 0) is 14.8 Å². The fourth-order valence-electron chi connectivity index (χ4n) is 3.96. The maximum atomic E-state index is 13.2. The molecule has 4 rings (SSSR count). The first kappa shape index (κ1) is 29.6. The van der Waals surface area contributed by atoms with E-state index in [0.29, 0.717) is 34.6 Å². The molecule has 0 saturated carbocycles. The van der Waals surface area contributed by atoms with E-state index in [1.165, 1.54) is 18.2 Å². The van der Waals surface area contributed by atoms with E-state index in [9.17, 15) is 18.0 Å². The highest BCUT2D eigenvalue weighted by molar-refractivity contribution is 7.89. The van der Waals surface area contributed by atoms with Crippen molar-refractivity contribution in [2.75, 3.05) is 0 Å². The van der Waals surface area contributed by atoms with Crippen molar-refractivity contribution in [3.8, 4) is 28.4 Å². The predicted octanol–water partition coefficient (Wildman–Crippen LogP) is 4.44. The minimum absolute atomic E-state index is 0.0309. The molecule has 4 aromatic rings. The highest BCUT2D eigenvalue weighted by Crippen LogP contribution is 2.31. The summed E-state index contributed by atoms with van der Waals surface area (Å²) >= 11 is 4.96. The Balaban J connectivity index is 1.71. The van der Waals surface area contributed by atoms with Gasteiger partial charge in [0.05, 0.1) is 22.0 Å². The Bertz CT molecular complexity index is 1710. The zero-order valence-electron chi connectivity index (χ0n) is 22.4. The van der Waals surface area contributed by atoms with Gasteiger partial charge in [0.2, 0.25) is 10.0 Å². The van der Waals surface area contributed by atoms with Crippen LogP contribution in [-0.4, -0.2) is 35.1 Å². The van der Waals surface area contributed by atoms with E-state index in [0.717, 1.165) is 6.42 Å². The summed E-state index contributed by atoms with van der Waals surface area (Å²) in [5.74, 6) is -0.911. The Morgan fingerprint density at radius 2 is 1.66 bits per heavy atom. The van der Waals surface area contributed by atoms with Gasteiger partial charge in [0.25, 0.3) is 0 Å². The molecule has 0 fully saturated rings. The lowest BCUT2D eigenvalue weighted by atomic mass is 10.1. The second-order valence-corrected chi connectivity index (χ2v) is 11.2. The van der Waals surface area contributed by atoms with Gasteiger partial charge >= 0.3 is 11.9 Å². The zero-order valence-corrected chi connectivity index (χ0v) is 24.0. The van der Waals surface area contributed by atoms with Crippen LogP contribution in [0.15, 0.2) is 77.7 Å². The third-order valence-electron chi connectivity index (χ3n) is 6.05. The summed E-state index contributed by atoms with van der Waals surface area (Å²) in [5, 5.41) is 9.75. The smallest absolute Gasteiger partial charge is 0.347 e. The predicted molar refractivity (Wildman–Crippen MR) is 158 cm³/mol. The molecule has 0 aliphatic heterocycles. The number of nitrogens with two attached hydrogens (primary N) is 2. The highest BCUT2D eigenvalue weighted by atomic mass is 32.2. The largest absolute Gasteiger partial charge is 0.426 e. The number of nitrogens with zero attached hydrogens (tertiary/aromatic N) is 2.